The van der Waals surface area contributed by atoms with Crippen LogP contribution in [0.25, 0.3) is 0 Å². The van der Waals surface area contributed by atoms with Gasteiger partial charge in [0, 0.05) is 31.9 Å². The van der Waals surface area contributed by atoms with E-state index in [0.717, 1.165) is 31.7 Å². The SMILES string of the molecule is COC(=O)CCNC1CCN(c2ccccn2)CC1. The standard InChI is InChI=1S/C14H21N3O2/c1-19-14(18)5-9-15-12-6-10-17(11-7-12)13-4-2-3-8-16-13/h2-4,8,12,15H,5-7,9-11H2,1H3. The minimum atomic E-state index is -0.154. The zero-order valence-corrected chi connectivity index (χ0v) is 11.3. The molecule has 19 heavy (non-hydrogen) atoms. The van der Waals surface area contributed by atoms with Gasteiger partial charge in [0.15, 0.2) is 0 Å². The van der Waals surface area contributed by atoms with Crippen molar-refractivity contribution in [1.82, 2.24) is 10.3 Å². The molecule has 0 aliphatic carbocycles. The van der Waals surface area contributed by atoms with Gasteiger partial charge in [-0.05, 0) is 25.0 Å². The average molecular weight is 263 g/mol. The summed E-state index contributed by atoms with van der Waals surface area (Å²) in [6.07, 6.45) is 4.43. The Kier molecular flexibility index (Phi) is 5.15. The van der Waals surface area contributed by atoms with E-state index in [-0.39, 0.29) is 5.97 Å². The number of rotatable bonds is 5. The summed E-state index contributed by atoms with van der Waals surface area (Å²) in [6.45, 7) is 2.71. The molecule has 0 atom stereocenters. The first-order chi connectivity index (χ1) is 9.29. The second-order valence-corrected chi connectivity index (χ2v) is 4.73. The van der Waals surface area contributed by atoms with Crippen LogP contribution in [0.3, 0.4) is 0 Å². The van der Waals surface area contributed by atoms with Crippen molar-refractivity contribution in [2.24, 2.45) is 0 Å². The zero-order valence-electron chi connectivity index (χ0n) is 11.3. The molecule has 104 valence electrons. The van der Waals surface area contributed by atoms with E-state index in [2.05, 4.69) is 19.9 Å². The highest BCUT2D eigenvalue weighted by Crippen LogP contribution is 2.17. The quantitative estimate of drug-likeness (QED) is 0.809. The number of pyridine rings is 1. The van der Waals surface area contributed by atoms with Crippen LogP contribution >= 0.6 is 0 Å². The zero-order chi connectivity index (χ0) is 13.5. The Morgan fingerprint density at radius 2 is 2.26 bits per heavy atom. The lowest BCUT2D eigenvalue weighted by Crippen LogP contribution is -2.43. The average Bonchev–Trinajstić information content (AvgIpc) is 2.48. The lowest BCUT2D eigenvalue weighted by molar-refractivity contribution is -0.140. The summed E-state index contributed by atoms with van der Waals surface area (Å²) in [5, 5.41) is 3.41. The maximum absolute atomic E-state index is 11.0. The molecule has 0 spiro atoms. The lowest BCUT2D eigenvalue weighted by atomic mass is 10.0. The fraction of sp³-hybridized carbons (Fsp3) is 0.571. The van der Waals surface area contributed by atoms with Crippen LogP contribution in [0.5, 0.6) is 0 Å². The molecule has 1 fully saturated rings. The van der Waals surface area contributed by atoms with Crippen molar-refractivity contribution in [3.63, 3.8) is 0 Å². The summed E-state index contributed by atoms with van der Waals surface area (Å²) < 4.78 is 4.62. The van der Waals surface area contributed by atoms with Gasteiger partial charge >= 0.3 is 5.97 Å². The van der Waals surface area contributed by atoms with Gasteiger partial charge in [0.1, 0.15) is 5.82 Å². The Bertz CT molecular complexity index is 389. The van der Waals surface area contributed by atoms with Crippen molar-refractivity contribution in [1.29, 1.82) is 0 Å². The molecule has 1 aliphatic heterocycles. The molecule has 0 radical (unpaired) electrons. The minimum absolute atomic E-state index is 0.154. The van der Waals surface area contributed by atoms with E-state index in [1.165, 1.54) is 7.11 Å². The van der Waals surface area contributed by atoms with E-state index in [4.69, 9.17) is 0 Å². The van der Waals surface area contributed by atoms with Gasteiger partial charge in [-0.15, -0.1) is 0 Å². The predicted octanol–water partition coefficient (Wildman–Crippen LogP) is 1.20. The third-order valence-corrected chi connectivity index (χ3v) is 3.46. The summed E-state index contributed by atoms with van der Waals surface area (Å²) in [7, 11) is 1.42. The van der Waals surface area contributed by atoms with Crippen LogP contribution in [0.4, 0.5) is 5.82 Å². The van der Waals surface area contributed by atoms with Gasteiger partial charge in [0.2, 0.25) is 0 Å². The maximum Gasteiger partial charge on any atom is 0.306 e. The van der Waals surface area contributed by atoms with Crippen LogP contribution in [-0.2, 0) is 9.53 Å². The number of nitrogens with zero attached hydrogens (tertiary/aromatic N) is 2. The summed E-state index contributed by atoms with van der Waals surface area (Å²) in [4.78, 5) is 17.7. The number of ether oxygens (including phenoxy) is 1. The van der Waals surface area contributed by atoms with Crippen molar-refractivity contribution >= 4 is 11.8 Å². The van der Waals surface area contributed by atoms with Crippen LogP contribution < -0.4 is 10.2 Å². The van der Waals surface area contributed by atoms with Crippen molar-refractivity contribution < 1.29 is 9.53 Å². The Balaban J connectivity index is 1.69. The number of piperidine rings is 1. The number of carbonyl (C=O) groups excluding carboxylic acids is 1. The summed E-state index contributed by atoms with van der Waals surface area (Å²) in [5.74, 6) is 0.897. The highest BCUT2D eigenvalue weighted by Gasteiger charge is 2.19. The molecule has 0 amide bonds. The monoisotopic (exact) mass is 263 g/mol. The number of carbonyl (C=O) groups is 1. The number of aromatic nitrogens is 1. The second-order valence-electron chi connectivity index (χ2n) is 4.73. The molecule has 0 aromatic carbocycles. The number of methoxy groups -OCH3 is 1. The smallest absolute Gasteiger partial charge is 0.306 e. The Morgan fingerprint density at radius 3 is 2.89 bits per heavy atom. The Morgan fingerprint density at radius 1 is 1.47 bits per heavy atom. The van der Waals surface area contributed by atoms with Crippen molar-refractivity contribution in [2.75, 3.05) is 31.6 Å². The summed E-state index contributed by atoms with van der Waals surface area (Å²) in [5.41, 5.74) is 0. The minimum Gasteiger partial charge on any atom is -0.469 e. The van der Waals surface area contributed by atoms with Gasteiger partial charge in [-0.3, -0.25) is 4.79 Å². The van der Waals surface area contributed by atoms with Crippen molar-refractivity contribution in [3.05, 3.63) is 24.4 Å². The number of esters is 1. The third-order valence-electron chi connectivity index (χ3n) is 3.46. The molecule has 5 nitrogen and oxygen atoms in total. The second kappa shape index (κ2) is 7.09. The summed E-state index contributed by atoms with van der Waals surface area (Å²) >= 11 is 0. The molecule has 0 bridgehead atoms. The van der Waals surface area contributed by atoms with E-state index < -0.39 is 0 Å². The van der Waals surface area contributed by atoms with E-state index in [1.807, 2.05) is 24.4 Å². The molecule has 1 saturated heterocycles. The molecule has 1 aromatic rings. The number of hydrogen-bond acceptors (Lipinski definition) is 5. The molecule has 1 aliphatic rings. The highest BCUT2D eigenvalue weighted by atomic mass is 16.5. The molecule has 0 unspecified atom stereocenters. The molecule has 5 heteroatoms. The first kappa shape index (κ1) is 13.8. The third kappa shape index (κ3) is 4.21. The highest BCUT2D eigenvalue weighted by molar-refractivity contribution is 5.69. The normalized spacial score (nSPS) is 16.4. The van der Waals surface area contributed by atoms with Crippen LogP contribution in [0, 0.1) is 0 Å². The van der Waals surface area contributed by atoms with Crippen LogP contribution in [0.2, 0.25) is 0 Å². The van der Waals surface area contributed by atoms with Crippen LogP contribution in [-0.4, -0.2) is 43.7 Å². The predicted molar refractivity (Wildman–Crippen MR) is 74.1 cm³/mol. The molecule has 1 aromatic heterocycles. The van der Waals surface area contributed by atoms with E-state index >= 15 is 0 Å². The molecule has 2 rings (SSSR count). The van der Waals surface area contributed by atoms with Gasteiger partial charge in [0.25, 0.3) is 0 Å². The molecule has 0 saturated carbocycles. The first-order valence-corrected chi connectivity index (χ1v) is 6.76. The topological polar surface area (TPSA) is 54.5 Å². The van der Waals surface area contributed by atoms with Gasteiger partial charge < -0.3 is 15.0 Å². The van der Waals surface area contributed by atoms with Crippen LogP contribution in [0.15, 0.2) is 24.4 Å². The van der Waals surface area contributed by atoms with Gasteiger partial charge in [-0.25, -0.2) is 4.98 Å². The molecule has 2 heterocycles. The van der Waals surface area contributed by atoms with Gasteiger partial charge in [-0.1, -0.05) is 6.07 Å². The van der Waals surface area contributed by atoms with E-state index in [0.29, 0.717) is 19.0 Å². The largest absolute Gasteiger partial charge is 0.469 e. The number of nitrogens with one attached hydrogen (secondary N) is 1. The first-order valence-electron chi connectivity index (χ1n) is 6.76. The van der Waals surface area contributed by atoms with E-state index in [9.17, 15) is 4.79 Å². The van der Waals surface area contributed by atoms with Crippen molar-refractivity contribution in [2.45, 2.75) is 25.3 Å². The van der Waals surface area contributed by atoms with Crippen LogP contribution in [0.1, 0.15) is 19.3 Å². The molecule has 1 N–H and O–H groups in total. The van der Waals surface area contributed by atoms with E-state index in [1.54, 1.807) is 0 Å². The molecular weight excluding hydrogens is 242 g/mol. The Hall–Kier alpha value is -1.62. The lowest BCUT2D eigenvalue weighted by Gasteiger charge is -2.33. The van der Waals surface area contributed by atoms with Gasteiger partial charge in [-0.2, -0.15) is 0 Å². The number of hydrogen-bond donors (Lipinski definition) is 1. The summed E-state index contributed by atoms with van der Waals surface area (Å²) in [6, 6.07) is 6.49. The molecular formula is C14H21N3O2. The van der Waals surface area contributed by atoms with Gasteiger partial charge in [0.05, 0.1) is 13.5 Å². The van der Waals surface area contributed by atoms with Crippen molar-refractivity contribution in [3.8, 4) is 0 Å². The fourth-order valence-electron chi connectivity index (χ4n) is 2.33. The Labute approximate surface area is 114 Å². The maximum atomic E-state index is 11.0. The fourth-order valence-corrected chi connectivity index (χ4v) is 2.33. The number of anilines is 1.